The number of amides is 2. The summed E-state index contributed by atoms with van der Waals surface area (Å²) in [6.45, 7) is 5.72. The Labute approximate surface area is 120 Å². The van der Waals surface area contributed by atoms with Crippen LogP contribution in [0.25, 0.3) is 0 Å². The summed E-state index contributed by atoms with van der Waals surface area (Å²) in [5.74, 6) is -0.532. The monoisotopic (exact) mass is 304 g/mol. The maximum absolute atomic E-state index is 12.4. The quantitative estimate of drug-likeness (QED) is 0.759. The van der Waals surface area contributed by atoms with E-state index in [0.29, 0.717) is 6.42 Å². The first-order valence-corrected chi connectivity index (χ1v) is 9.02. The molecule has 1 aliphatic heterocycles. The number of piperazine rings is 1. The van der Waals surface area contributed by atoms with Crippen molar-refractivity contribution in [2.75, 3.05) is 18.6 Å². The van der Waals surface area contributed by atoms with Crippen molar-refractivity contribution in [2.45, 2.75) is 45.7 Å². The van der Waals surface area contributed by atoms with Crippen molar-refractivity contribution in [3.8, 4) is 0 Å². The van der Waals surface area contributed by atoms with Gasteiger partial charge in [0.15, 0.2) is 0 Å². The van der Waals surface area contributed by atoms with E-state index in [0.717, 1.165) is 12.7 Å². The third kappa shape index (κ3) is 4.19. The van der Waals surface area contributed by atoms with Gasteiger partial charge >= 0.3 is 0 Å². The smallest absolute Gasteiger partial charge is 0.245 e. The van der Waals surface area contributed by atoms with Gasteiger partial charge in [-0.15, -0.1) is 0 Å². The van der Waals surface area contributed by atoms with Crippen molar-refractivity contribution in [2.24, 2.45) is 5.92 Å². The topological polar surface area (TPSA) is 83.6 Å². The van der Waals surface area contributed by atoms with Crippen molar-refractivity contribution in [3.63, 3.8) is 0 Å². The molecule has 0 spiro atoms. The first-order valence-electron chi connectivity index (χ1n) is 6.96. The molecule has 7 heteroatoms. The number of hydrogen-bond donors (Lipinski definition) is 1. The molecule has 6 nitrogen and oxygen atoms in total. The Hall–Kier alpha value is -1.11. The average Bonchev–Trinajstić information content (AvgIpc) is 2.29. The van der Waals surface area contributed by atoms with Gasteiger partial charge in [0.05, 0.1) is 5.75 Å². The van der Waals surface area contributed by atoms with Gasteiger partial charge in [0, 0.05) is 12.8 Å². The summed E-state index contributed by atoms with van der Waals surface area (Å²) in [4.78, 5) is 26.0. The van der Waals surface area contributed by atoms with Crippen LogP contribution in [0.3, 0.4) is 0 Å². The third-order valence-electron chi connectivity index (χ3n) is 3.41. The van der Waals surface area contributed by atoms with E-state index in [1.54, 1.807) is 0 Å². The molecule has 1 aliphatic rings. The fraction of sp³-hybridized carbons (Fsp3) is 0.846. The molecule has 1 rings (SSSR count). The van der Waals surface area contributed by atoms with Crippen LogP contribution in [0.4, 0.5) is 0 Å². The first-order chi connectivity index (χ1) is 9.17. The van der Waals surface area contributed by atoms with Crippen LogP contribution in [0.5, 0.6) is 0 Å². The molecule has 0 bridgehead atoms. The lowest BCUT2D eigenvalue weighted by atomic mass is 9.96. The van der Waals surface area contributed by atoms with Crippen molar-refractivity contribution in [3.05, 3.63) is 0 Å². The van der Waals surface area contributed by atoms with Crippen LogP contribution in [0.2, 0.25) is 0 Å². The second kappa shape index (κ2) is 6.56. The molecular formula is C13H24N2O4S. The Bertz CT molecular complexity index is 473. The third-order valence-corrected chi connectivity index (χ3v) is 4.34. The summed E-state index contributed by atoms with van der Waals surface area (Å²) in [6, 6.07) is -1.11. The Morgan fingerprint density at radius 3 is 2.35 bits per heavy atom. The van der Waals surface area contributed by atoms with Gasteiger partial charge in [-0.1, -0.05) is 27.2 Å². The molecule has 0 saturated carbocycles. The minimum atomic E-state index is -3.17. The van der Waals surface area contributed by atoms with E-state index in [2.05, 4.69) is 5.32 Å². The lowest BCUT2D eigenvalue weighted by Crippen LogP contribution is -2.65. The predicted octanol–water partition coefficient (Wildman–Crippen LogP) is 0.183. The Balaban J connectivity index is 2.95. The summed E-state index contributed by atoms with van der Waals surface area (Å²) in [6.07, 6.45) is 2.49. The van der Waals surface area contributed by atoms with Crippen molar-refractivity contribution in [1.29, 1.82) is 0 Å². The molecule has 2 unspecified atom stereocenters. The maximum Gasteiger partial charge on any atom is 0.245 e. The van der Waals surface area contributed by atoms with Gasteiger partial charge in [0.2, 0.25) is 11.8 Å². The van der Waals surface area contributed by atoms with Crippen molar-refractivity contribution >= 4 is 21.7 Å². The van der Waals surface area contributed by atoms with E-state index in [1.165, 1.54) is 4.90 Å². The van der Waals surface area contributed by atoms with Gasteiger partial charge in [0.1, 0.15) is 21.9 Å². The summed E-state index contributed by atoms with van der Waals surface area (Å²) in [5, 5.41) is 2.75. The molecule has 116 valence electrons. The zero-order chi connectivity index (χ0) is 15.5. The van der Waals surface area contributed by atoms with Crippen LogP contribution in [-0.2, 0) is 19.4 Å². The molecule has 0 aromatic carbocycles. The highest BCUT2D eigenvalue weighted by atomic mass is 32.2. The number of hydrogen-bond acceptors (Lipinski definition) is 4. The molecule has 0 aliphatic carbocycles. The number of nitrogens with zero attached hydrogens (tertiary/aromatic N) is 1. The van der Waals surface area contributed by atoms with Crippen molar-refractivity contribution < 1.29 is 18.0 Å². The zero-order valence-corrected chi connectivity index (χ0v) is 13.4. The van der Waals surface area contributed by atoms with E-state index in [9.17, 15) is 18.0 Å². The standard InChI is InChI=1S/C13H24N2O4S/c1-5-6-10-13(17)15(7-8-20(4,18)19)11(9(2)3)12(16)14-10/h9-11H,5-8H2,1-4H3,(H,14,16). The van der Waals surface area contributed by atoms with E-state index < -0.39 is 21.9 Å². The fourth-order valence-electron chi connectivity index (χ4n) is 2.46. The SMILES string of the molecule is CCCC1NC(=O)C(C(C)C)N(CCS(C)(=O)=O)C1=O. The summed E-state index contributed by atoms with van der Waals surface area (Å²) in [5.41, 5.74) is 0. The minimum Gasteiger partial charge on any atom is -0.342 e. The molecule has 1 saturated heterocycles. The molecule has 2 amide bonds. The molecule has 1 N–H and O–H groups in total. The van der Waals surface area contributed by atoms with E-state index >= 15 is 0 Å². The summed E-state index contributed by atoms with van der Waals surface area (Å²) in [7, 11) is -3.17. The number of sulfone groups is 1. The van der Waals surface area contributed by atoms with Gasteiger partial charge in [-0.3, -0.25) is 9.59 Å². The number of rotatable bonds is 6. The van der Waals surface area contributed by atoms with Gasteiger partial charge in [-0.2, -0.15) is 0 Å². The van der Waals surface area contributed by atoms with Crippen molar-refractivity contribution in [1.82, 2.24) is 10.2 Å². The molecule has 20 heavy (non-hydrogen) atoms. The highest BCUT2D eigenvalue weighted by Gasteiger charge is 2.41. The average molecular weight is 304 g/mol. The first kappa shape index (κ1) is 16.9. The fourth-order valence-corrected chi connectivity index (χ4v) is 2.99. The number of carbonyl (C=O) groups is 2. The molecule has 0 aromatic rings. The van der Waals surface area contributed by atoms with Crippen LogP contribution in [-0.4, -0.2) is 55.8 Å². The Morgan fingerprint density at radius 1 is 1.30 bits per heavy atom. The molecule has 1 heterocycles. The Morgan fingerprint density at radius 2 is 1.90 bits per heavy atom. The lowest BCUT2D eigenvalue weighted by Gasteiger charge is -2.40. The zero-order valence-electron chi connectivity index (χ0n) is 12.5. The number of carbonyl (C=O) groups excluding carboxylic acids is 2. The van der Waals surface area contributed by atoms with Gasteiger partial charge in [-0.05, 0) is 12.3 Å². The molecule has 0 radical (unpaired) electrons. The normalized spacial score (nSPS) is 24.1. The maximum atomic E-state index is 12.4. The summed E-state index contributed by atoms with van der Waals surface area (Å²) >= 11 is 0. The highest BCUT2D eigenvalue weighted by molar-refractivity contribution is 7.90. The van der Waals surface area contributed by atoms with Gasteiger partial charge in [0.25, 0.3) is 0 Å². The highest BCUT2D eigenvalue weighted by Crippen LogP contribution is 2.19. The number of nitrogens with one attached hydrogen (secondary N) is 1. The van der Waals surface area contributed by atoms with Gasteiger partial charge in [-0.25, -0.2) is 8.42 Å². The van der Waals surface area contributed by atoms with Crippen LogP contribution in [0.15, 0.2) is 0 Å². The van der Waals surface area contributed by atoms with Gasteiger partial charge < -0.3 is 10.2 Å². The van der Waals surface area contributed by atoms with E-state index in [4.69, 9.17) is 0 Å². The molecular weight excluding hydrogens is 280 g/mol. The second-order valence-electron chi connectivity index (χ2n) is 5.70. The second-order valence-corrected chi connectivity index (χ2v) is 7.96. The molecule has 1 fully saturated rings. The van der Waals surface area contributed by atoms with Crippen LogP contribution >= 0.6 is 0 Å². The lowest BCUT2D eigenvalue weighted by molar-refractivity contribution is -0.151. The molecule has 0 aromatic heterocycles. The largest absolute Gasteiger partial charge is 0.342 e. The predicted molar refractivity (Wildman–Crippen MR) is 76.9 cm³/mol. The van der Waals surface area contributed by atoms with Crippen LogP contribution in [0, 0.1) is 5.92 Å². The molecule has 2 atom stereocenters. The van der Waals surface area contributed by atoms with E-state index in [-0.39, 0.29) is 30.0 Å². The van der Waals surface area contributed by atoms with Crippen LogP contribution in [0.1, 0.15) is 33.6 Å². The Kier molecular flexibility index (Phi) is 5.56. The van der Waals surface area contributed by atoms with Crippen LogP contribution < -0.4 is 5.32 Å². The van der Waals surface area contributed by atoms with E-state index in [1.807, 2.05) is 20.8 Å². The summed E-state index contributed by atoms with van der Waals surface area (Å²) < 4.78 is 22.6. The minimum absolute atomic E-state index is 0.0545.